The molecule has 124 valence electrons. The van der Waals surface area contributed by atoms with Gasteiger partial charge < -0.3 is 20.3 Å². The number of nitrogens with zero attached hydrogens (tertiary/aromatic N) is 2. The third-order valence-corrected chi connectivity index (χ3v) is 4.68. The van der Waals surface area contributed by atoms with E-state index in [0.717, 1.165) is 6.42 Å². The quantitative estimate of drug-likeness (QED) is 0.901. The Balaban J connectivity index is 1.78. The topological polar surface area (TPSA) is 75.9 Å². The maximum Gasteiger partial charge on any atom is 0.228 e. The molecule has 2 aliphatic rings. The summed E-state index contributed by atoms with van der Waals surface area (Å²) < 4.78 is 5.31. The lowest BCUT2D eigenvalue weighted by Crippen LogP contribution is -2.37. The normalized spacial score (nSPS) is 24.4. The molecule has 0 radical (unpaired) electrons. The van der Waals surface area contributed by atoms with Gasteiger partial charge >= 0.3 is 0 Å². The molecule has 23 heavy (non-hydrogen) atoms. The van der Waals surface area contributed by atoms with Crippen molar-refractivity contribution in [1.82, 2.24) is 4.90 Å². The Morgan fingerprint density at radius 3 is 2.83 bits per heavy atom. The molecule has 3 rings (SSSR count). The lowest BCUT2D eigenvalue weighted by molar-refractivity contribution is -0.134. The zero-order valence-electron chi connectivity index (χ0n) is 13.0. The van der Waals surface area contributed by atoms with Crippen molar-refractivity contribution in [3.8, 4) is 5.75 Å². The molecular weight excluding hydrogens is 318 g/mol. The number of anilines is 1. The Hall–Kier alpha value is -1.79. The fraction of sp³-hybridized carbons (Fsp3) is 0.500. The summed E-state index contributed by atoms with van der Waals surface area (Å²) in [6.45, 7) is 1.59. The zero-order valence-corrected chi connectivity index (χ0v) is 13.8. The largest absolute Gasteiger partial charge is 0.495 e. The average molecular weight is 338 g/mol. The second-order valence-corrected chi connectivity index (χ2v) is 6.49. The Labute approximate surface area is 140 Å². The minimum atomic E-state index is -0.337. The molecule has 0 aromatic heterocycles. The van der Waals surface area contributed by atoms with Crippen LogP contribution in [0, 0.1) is 5.92 Å². The van der Waals surface area contributed by atoms with E-state index in [9.17, 15) is 9.59 Å². The first-order chi connectivity index (χ1) is 11.0. The number of likely N-dealkylation sites (tertiary alicyclic amines) is 1. The van der Waals surface area contributed by atoms with E-state index in [0.29, 0.717) is 36.1 Å². The molecule has 2 atom stereocenters. The number of carbonyl (C=O) groups is 2. The molecule has 7 heteroatoms. The number of methoxy groups -OCH3 is 1. The van der Waals surface area contributed by atoms with E-state index in [4.69, 9.17) is 22.1 Å². The third kappa shape index (κ3) is 3.14. The van der Waals surface area contributed by atoms with Crippen molar-refractivity contribution in [3.63, 3.8) is 0 Å². The average Bonchev–Trinajstić information content (AvgIpc) is 3.12. The highest BCUT2D eigenvalue weighted by molar-refractivity contribution is 6.31. The van der Waals surface area contributed by atoms with Gasteiger partial charge in [0.2, 0.25) is 11.8 Å². The van der Waals surface area contributed by atoms with Crippen LogP contribution < -0.4 is 15.4 Å². The molecule has 1 aromatic rings. The van der Waals surface area contributed by atoms with Crippen molar-refractivity contribution in [3.05, 3.63) is 23.2 Å². The van der Waals surface area contributed by atoms with Crippen molar-refractivity contribution in [1.29, 1.82) is 0 Å². The first-order valence-corrected chi connectivity index (χ1v) is 8.05. The standard InChI is InChI=1S/C16H20ClN3O3/c1-23-14-3-2-11(17)7-13(14)20-8-10(6-15(20)21)16(22)19-5-4-12(18)9-19/h2-3,7,10,12H,4-6,8-9,18H2,1H3/t10?,12-/m1/s1. The maximum absolute atomic E-state index is 12.6. The Morgan fingerprint density at radius 1 is 1.39 bits per heavy atom. The second kappa shape index (κ2) is 6.37. The van der Waals surface area contributed by atoms with Crippen LogP contribution in [-0.4, -0.2) is 49.5 Å². The first kappa shape index (κ1) is 16.1. The number of rotatable bonds is 3. The predicted molar refractivity (Wildman–Crippen MR) is 87.6 cm³/mol. The number of ether oxygens (including phenoxy) is 1. The molecule has 2 N–H and O–H groups in total. The predicted octanol–water partition coefficient (Wildman–Crippen LogP) is 1.26. The number of amides is 2. The lowest BCUT2D eigenvalue weighted by atomic mass is 10.1. The summed E-state index contributed by atoms with van der Waals surface area (Å²) in [5.41, 5.74) is 6.47. The van der Waals surface area contributed by atoms with Crippen LogP contribution in [-0.2, 0) is 9.59 Å². The summed E-state index contributed by atoms with van der Waals surface area (Å²) >= 11 is 6.04. The summed E-state index contributed by atoms with van der Waals surface area (Å²) in [6.07, 6.45) is 1.03. The van der Waals surface area contributed by atoms with Crippen LogP contribution in [0.3, 0.4) is 0 Å². The van der Waals surface area contributed by atoms with Gasteiger partial charge in [-0.3, -0.25) is 9.59 Å². The molecule has 2 saturated heterocycles. The molecule has 1 aromatic carbocycles. The zero-order chi connectivity index (χ0) is 16.6. The monoisotopic (exact) mass is 337 g/mol. The van der Waals surface area contributed by atoms with Crippen molar-refractivity contribution >= 4 is 29.1 Å². The van der Waals surface area contributed by atoms with Crippen LogP contribution in [0.15, 0.2) is 18.2 Å². The smallest absolute Gasteiger partial charge is 0.228 e. The third-order valence-electron chi connectivity index (χ3n) is 4.44. The highest BCUT2D eigenvalue weighted by Gasteiger charge is 2.39. The van der Waals surface area contributed by atoms with Gasteiger partial charge in [-0.25, -0.2) is 0 Å². The highest BCUT2D eigenvalue weighted by Crippen LogP contribution is 2.35. The number of hydrogen-bond donors (Lipinski definition) is 1. The van der Waals surface area contributed by atoms with Gasteiger partial charge in [0.1, 0.15) is 5.75 Å². The van der Waals surface area contributed by atoms with Crippen LogP contribution in [0.2, 0.25) is 5.02 Å². The summed E-state index contributed by atoms with van der Waals surface area (Å²) in [4.78, 5) is 28.3. The summed E-state index contributed by atoms with van der Waals surface area (Å²) in [5, 5.41) is 0.522. The fourth-order valence-corrected chi connectivity index (χ4v) is 3.39. The Kier molecular flexibility index (Phi) is 4.46. The molecule has 0 saturated carbocycles. The maximum atomic E-state index is 12.6. The molecule has 1 unspecified atom stereocenters. The van der Waals surface area contributed by atoms with E-state index in [1.807, 2.05) is 0 Å². The first-order valence-electron chi connectivity index (χ1n) is 7.68. The van der Waals surface area contributed by atoms with Crippen LogP contribution in [0.1, 0.15) is 12.8 Å². The van der Waals surface area contributed by atoms with Crippen molar-refractivity contribution in [2.75, 3.05) is 31.6 Å². The van der Waals surface area contributed by atoms with Gasteiger partial charge in [0, 0.05) is 37.1 Å². The molecule has 0 spiro atoms. The minimum absolute atomic E-state index is 0.00907. The minimum Gasteiger partial charge on any atom is -0.495 e. The molecular formula is C16H20ClN3O3. The van der Waals surface area contributed by atoms with Gasteiger partial charge in [0.15, 0.2) is 0 Å². The van der Waals surface area contributed by atoms with E-state index in [1.165, 1.54) is 0 Å². The molecule has 2 heterocycles. The van der Waals surface area contributed by atoms with E-state index >= 15 is 0 Å². The Bertz CT molecular complexity index is 637. The SMILES string of the molecule is COc1ccc(Cl)cc1N1CC(C(=O)N2CC[C@@H](N)C2)CC1=O. The van der Waals surface area contributed by atoms with E-state index in [2.05, 4.69) is 0 Å². The van der Waals surface area contributed by atoms with Crippen LogP contribution in [0.25, 0.3) is 0 Å². The van der Waals surface area contributed by atoms with Crippen molar-refractivity contribution in [2.24, 2.45) is 11.7 Å². The van der Waals surface area contributed by atoms with Crippen molar-refractivity contribution in [2.45, 2.75) is 18.9 Å². The Morgan fingerprint density at radius 2 is 2.17 bits per heavy atom. The van der Waals surface area contributed by atoms with Gasteiger partial charge in [-0.2, -0.15) is 0 Å². The number of benzene rings is 1. The van der Waals surface area contributed by atoms with Gasteiger partial charge in [-0.05, 0) is 24.6 Å². The molecule has 0 aliphatic carbocycles. The molecule has 2 amide bonds. The van der Waals surface area contributed by atoms with E-state index < -0.39 is 0 Å². The second-order valence-electron chi connectivity index (χ2n) is 6.05. The van der Waals surface area contributed by atoms with Gasteiger partial charge in [-0.1, -0.05) is 11.6 Å². The molecule has 2 fully saturated rings. The van der Waals surface area contributed by atoms with Gasteiger partial charge in [0.25, 0.3) is 0 Å². The van der Waals surface area contributed by atoms with Gasteiger partial charge in [-0.15, -0.1) is 0 Å². The summed E-state index contributed by atoms with van der Waals surface area (Å²) in [7, 11) is 1.54. The molecule has 0 bridgehead atoms. The number of nitrogens with two attached hydrogens (primary N) is 1. The summed E-state index contributed by atoms with van der Waals surface area (Å²) in [5.74, 6) is 0.151. The van der Waals surface area contributed by atoms with Crippen molar-refractivity contribution < 1.29 is 14.3 Å². The molecule has 6 nitrogen and oxygen atoms in total. The highest BCUT2D eigenvalue weighted by atomic mass is 35.5. The molecule has 2 aliphatic heterocycles. The van der Waals surface area contributed by atoms with Crippen LogP contribution >= 0.6 is 11.6 Å². The van der Waals surface area contributed by atoms with E-state index in [1.54, 1.807) is 35.1 Å². The van der Waals surface area contributed by atoms with Crippen LogP contribution in [0.5, 0.6) is 5.75 Å². The fourth-order valence-electron chi connectivity index (χ4n) is 3.23. The number of halogens is 1. The number of carbonyl (C=O) groups excluding carboxylic acids is 2. The van der Waals surface area contributed by atoms with Gasteiger partial charge in [0.05, 0.1) is 18.7 Å². The number of hydrogen-bond acceptors (Lipinski definition) is 4. The summed E-state index contributed by atoms with van der Waals surface area (Å²) in [6, 6.07) is 5.16. The lowest BCUT2D eigenvalue weighted by Gasteiger charge is -2.22. The van der Waals surface area contributed by atoms with E-state index in [-0.39, 0.29) is 30.2 Å². The van der Waals surface area contributed by atoms with Crippen LogP contribution in [0.4, 0.5) is 5.69 Å².